The minimum absolute atomic E-state index is 0.245. The Balaban J connectivity index is 3.86. The van der Waals surface area contributed by atoms with Crippen LogP contribution in [0.2, 0.25) is 0 Å². The third-order valence-corrected chi connectivity index (χ3v) is 0.753. The van der Waals surface area contributed by atoms with Crippen molar-refractivity contribution in [2.24, 2.45) is 0 Å². The van der Waals surface area contributed by atoms with Crippen LogP contribution in [0.1, 0.15) is 0 Å². The van der Waals surface area contributed by atoms with E-state index in [1.165, 1.54) is 0 Å². The SMILES string of the molecule is C=c1[nH]c(=C)c(=O)o1. The Bertz CT molecular complexity index is 288. The quantitative estimate of drug-likeness (QED) is 0.456. The Morgan fingerprint density at radius 1 is 1.50 bits per heavy atom. The highest BCUT2D eigenvalue weighted by atomic mass is 16.4. The first-order valence-corrected chi connectivity index (χ1v) is 2.07. The maximum atomic E-state index is 10.3. The lowest BCUT2D eigenvalue weighted by Gasteiger charge is -1.58. The van der Waals surface area contributed by atoms with E-state index in [2.05, 4.69) is 22.6 Å². The molecule has 1 heterocycles. The zero-order valence-corrected chi connectivity index (χ0v) is 4.23. The molecule has 0 atom stereocenters. The molecule has 8 heavy (non-hydrogen) atoms. The molecule has 42 valence electrons. The normalized spacial score (nSPS) is 9.50. The molecule has 1 rings (SSSR count). The van der Waals surface area contributed by atoms with Crippen molar-refractivity contribution in [1.29, 1.82) is 0 Å². The summed E-state index contributed by atoms with van der Waals surface area (Å²) in [6, 6.07) is 0. The van der Waals surface area contributed by atoms with Crippen LogP contribution < -0.4 is 16.5 Å². The van der Waals surface area contributed by atoms with Crippen molar-refractivity contribution in [2.45, 2.75) is 0 Å². The predicted molar refractivity (Wildman–Crippen MR) is 29.6 cm³/mol. The van der Waals surface area contributed by atoms with Gasteiger partial charge in [0.15, 0.2) is 5.55 Å². The Hall–Kier alpha value is -1.25. The first-order chi connectivity index (χ1) is 3.70. The topological polar surface area (TPSA) is 46.0 Å². The minimum atomic E-state index is -0.449. The van der Waals surface area contributed by atoms with Crippen molar-refractivity contribution in [2.75, 3.05) is 0 Å². The third kappa shape index (κ3) is 0.578. The number of aromatic nitrogens is 1. The summed E-state index contributed by atoms with van der Waals surface area (Å²) in [5.41, 5.74) is -0.199. The maximum Gasteiger partial charge on any atom is 0.360 e. The highest BCUT2D eigenvalue weighted by molar-refractivity contribution is 4.93. The van der Waals surface area contributed by atoms with Crippen molar-refractivity contribution in [1.82, 2.24) is 4.98 Å². The number of rotatable bonds is 0. The fraction of sp³-hybridized carbons (Fsp3) is 0. The fourth-order valence-corrected chi connectivity index (χ4v) is 0.418. The molecule has 0 aliphatic rings. The molecule has 1 aromatic rings. The molecule has 0 bridgehead atoms. The molecule has 0 aliphatic heterocycles. The number of oxazole rings is 1. The highest BCUT2D eigenvalue weighted by Crippen LogP contribution is 1.40. The van der Waals surface area contributed by atoms with E-state index in [4.69, 9.17) is 0 Å². The zero-order valence-electron chi connectivity index (χ0n) is 4.23. The lowest BCUT2D eigenvalue weighted by Crippen LogP contribution is -2.18. The molecule has 0 amide bonds. The molecule has 0 aliphatic carbocycles. The Labute approximate surface area is 45.0 Å². The molecule has 0 fully saturated rings. The number of hydrogen-bond acceptors (Lipinski definition) is 2. The van der Waals surface area contributed by atoms with E-state index in [1.807, 2.05) is 0 Å². The second-order valence-electron chi connectivity index (χ2n) is 1.42. The van der Waals surface area contributed by atoms with Crippen molar-refractivity contribution in [3.63, 3.8) is 0 Å². The Morgan fingerprint density at radius 2 is 2.12 bits per heavy atom. The lowest BCUT2D eigenvalue weighted by atomic mass is 10.7. The highest BCUT2D eigenvalue weighted by Gasteiger charge is 1.85. The van der Waals surface area contributed by atoms with Crippen LogP contribution in [0.5, 0.6) is 0 Å². The van der Waals surface area contributed by atoms with Gasteiger partial charge in [-0.25, -0.2) is 4.79 Å². The summed E-state index contributed by atoms with van der Waals surface area (Å²) in [5, 5.41) is 0.245. The van der Waals surface area contributed by atoms with E-state index in [9.17, 15) is 4.79 Å². The van der Waals surface area contributed by atoms with Gasteiger partial charge in [0, 0.05) is 0 Å². The van der Waals surface area contributed by atoms with Gasteiger partial charge < -0.3 is 9.40 Å². The summed E-state index contributed by atoms with van der Waals surface area (Å²) >= 11 is 0. The van der Waals surface area contributed by atoms with Crippen LogP contribution in [0, 0.1) is 0 Å². The monoisotopic (exact) mass is 111 g/mol. The summed E-state index contributed by atoms with van der Waals surface area (Å²) in [5.74, 6) is 0. The van der Waals surface area contributed by atoms with E-state index in [0.29, 0.717) is 0 Å². The maximum absolute atomic E-state index is 10.3. The predicted octanol–water partition coefficient (Wildman–Crippen LogP) is -1.21. The minimum Gasteiger partial charge on any atom is -0.406 e. The molecule has 0 saturated carbocycles. The Kier molecular flexibility index (Phi) is 0.836. The van der Waals surface area contributed by atoms with Crippen LogP contribution in [0.4, 0.5) is 0 Å². The molecule has 3 nitrogen and oxygen atoms in total. The fourth-order valence-electron chi connectivity index (χ4n) is 0.418. The van der Waals surface area contributed by atoms with E-state index in [-0.39, 0.29) is 10.9 Å². The van der Waals surface area contributed by atoms with Gasteiger partial charge in [-0.05, 0) is 6.58 Å². The molecule has 0 radical (unpaired) electrons. The third-order valence-electron chi connectivity index (χ3n) is 0.753. The molecule has 0 saturated heterocycles. The van der Waals surface area contributed by atoms with Gasteiger partial charge in [0.1, 0.15) is 5.35 Å². The smallest absolute Gasteiger partial charge is 0.360 e. The summed E-state index contributed by atoms with van der Waals surface area (Å²) in [6.07, 6.45) is 0. The zero-order chi connectivity index (χ0) is 6.15. The average Bonchev–Trinajstić information content (AvgIpc) is 1.85. The van der Waals surface area contributed by atoms with Crippen molar-refractivity contribution >= 4 is 13.2 Å². The summed E-state index contributed by atoms with van der Waals surface area (Å²) in [6.45, 7) is 6.68. The lowest BCUT2D eigenvalue weighted by molar-refractivity contribution is 0.488. The largest absolute Gasteiger partial charge is 0.406 e. The number of hydrogen-bond donors (Lipinski definition) is 1. The van der Waals surface area contributed by atoms with Crippen LogP contribution in [0.3, 0.4) is 0 Å². The number of H-pyrrole nitrogens is 1. The second kappa shape index (κ2) is 1.36. The number of aromatic amines is 1. The van der Waals surface area contributed by atoms with Gasteiger partial charge in [-0.2, -0.15) is 0 Å². The molecular formula is C5H5NO2. The van der Waals surface area contributed by atoms with E-state index < -0.39 is 5.63 Å². The summed E-state index contributed by atoms with van der Waals surface area (Å²) < 4.78 is 4.43. The van der Waals surface area contributed by atoms with Gasteiger partial charge in [0.2, 0.25) is 0 Å². The first-order valence-electron chi connectivity index (χ1n) is 2.07. The standard InChI is InChI=1S/C5H5NO2/c1-3-5(7)8-4(2)6-3/h6H,1-2H2. The number of nitrogens with one attached hydrogen (secondary N) is 1. The van der Waals surface area contributed by atoms with E-state index in [1.54, 1.807) is 0 Å². The second-order valence-corrected chi connectivity index (χ2v) is 1.42. The van der Waals surface area contributed by atoms with Gasteiger partial charge in [0.25, 0.3) is 0 Å². The van der Waals surface area contributed by atoms with Crippen LogP contribution in [0.15, 0.2) is 9.21 Å². The van der Waals surface area contributed by atoms with E-state index in [0.717, 1.165) is 0 Å². The van der Waals surface area contributed by atoms with Crippen LogP contribution in [-0.4, -0.2) is 4.98 Å². The van der Waals surface area contributed by atoms with Crippen LogP contribution >= 0.6 is 0 Å². The van der Waals surface area contributed by atoms with Crippen LogP contribution in [0.25, 0.3) is 13.2 Å². The molecule has 1 N–H and O–H groups in total. The van der Waals surface area contributed by atoms with Gasteiger partial charge >= 0.3 is 5.63 Å². The van der Waals surface area contributed by atoms with Gasteiger partial charge in [-0.15, -0.1) is 0 Å². The molecule has 0 unspecified atom stereocenters. The molecular weight excluding hydrogens is 106 g/mol. The molecule has 1 aromatic heterocycles. The van der Waals surface area contributed by atoms with Gasteiger partial charge in [-0.1, -0.05) is 6.58 Å². The van der Waals surface area contributed by atoms with Gasteiger partial charge in [-0.3, -0.25) is 0 Å². The van der Waals surface area contributed by atoms with Crippen molar-refractivity contribution in [3.8, 4) is 0 Å². The Morgan fingerprint density at radius 3 is 2.25 bits per heavy atom. The van der Waals surface area contributed by atoms with Crippen molar-refractivity contribution in [3.05, 3.63) is 21.3 Å². The molecule has 0 spiro atoms. The van der Waals surface area contributed by atoms with Gasteiger partial charge in [0.05, 0.1) is 0 Å². The van der Waals surface area contributed by atoms with E-state index >= 15 is 0 Å². The summed E-state index contributed by atoms with van der Waals surface area (Å²) in [4.78, 5) is 12.8. The van der Waals surface area contributed by atoms with Crippen LogP contribution in [-0.2, 0) is 0 Å². The first kappa shape index (κ1) is 4.90. The van der Waals surface area contributed by atoms with Crippen molar-refractivity contribution < 1.29 is 4.42 Å². The summed E-state index contributed by atoms with van der Waals surface area (Å²) in [7, 11) is 0. The average molecular weight is 111 g/mol. The molecule has 0 aromatic carbocycles. The molecule has 3 heteroatoms.